The molecule has 2 rings (SSSR count). The summed E-state index contributed by atoms with van der Waals surface area (Å²) in [5, 5.41) is 3.40. The maximum Gasteiger partial charge on any atom is 0.331 e. The van der Waals surface area contributed by atoms with E-state index < -0.39 is 5.54 Å². The second-order valence-corrected chi connectivity index (χ2v) is 6.21. The van der Waals surface area contributed by atoms with Crippen LogP contribution in [0.1, 0.15) is 33.1 Å². The number of benzene rings is 1. The highest BCUT2D eigenvalue weighted by Gasteiger charge is 2.44. The topological polar surface area (TPSA) is 47.6 Å². The van der Waals surface area contributed by atoms with Gasteiger partial charge in [-0.3, -0.25) is 0 Å². The van der Waals surface area contributed by atoms with Gasteiger partial charge in [0.1, 0.15) is 5.54 Å². The van der Waals surface area contributed by atoms with Crippen LogP contribution in [0.2, 0.25) is 0 Å². The lowest BCUT2D eigenvalue weighted by molar-refractivity contribution is -0.154. The van der Waals surface area contributed by atoms with Gasteiger partial charge in [-0.15, -0.1) is 0 Å². The fraction of sp³-hybridized carbons (Fsp3) is 0.562. The summed E-state index contributed by atoms with van der Waals surface area (Å²) in [6.07, 6.45) is 2.24. The van der Waals surface area contributed by atoms with Gasteiger partial charge in [-0.25, -0.2) is 4.79 Å². The number of ether oxygens (including phenoxy) is 2. The lowest BCUT2D eigenvalue weighted by Crippen LogP contribution is -2.53. The molecule has 4 nitrogen and oxygen atoms in total. The van der Waals surface area contributed by atoms with Gasteiger partial charge in [0.05, 0.1) is 12.7 Å². The van der Waals surface area contributed by atoms with Crippen molar-refractivity contribution in [2.24, 2.45) is 0 Å². The standard InChI is InChI=1S/C16H22BrNO3/c1-3-14-11-16(9-10-21-14,15(19)20-4-2)18-13-7-5-12(17)6-8-13/h5-8,14,18H,3-4,9-11H2,1-2H3. The Morgan fingerprint density at radius 2 is 2.14 bits per heavy atom. The van der Waals surface area contributed by atoms with E-state index in [1.807, 2.05) is 31.2 Å². The van der Waals surface area contributed by atoms with Crippen LogP contribution in [0.3, 0.4) is 0 Å². The summed E-state index contributed by atoms with van der Waals surface area (Å²) in [7, 11) is 0. The van der Waals surface area contributed by atoms with Crippen LogP contribution in [0.4, 0.5) is 5.69 Å². The Kier molecular flexibility index (Phi) is 5.65. The molecule has 0 aromatic heterocycles. The van der Waals surface area contributed by atoms with Crippen LogP contribution >= 0.6 is 15.9 Å². The van der Waals surface area contributed by atoms with Gasteiger partial charge in [-0.1, -0.05) is 22.9 Å². The molecule has 1 saturated heterocycles. The van der Waals surface area contributed by atoms with Crippen LogP contribution in [0.15, 0.2) is 28.7 Å². The van der Waals surface area contributed by atoms with E-state index in [2.05, 4.69) is 28.2 Å². The molecule has 0 aliphatic carbocycles. The molecule has 1 aromatic rings. The number of hydrogen-bond donors (Lipinski definition) is 1. The van der Waals surface area contributed by atoms with E-state index in [0.29, 0.717) is 26.1 Å². The van der Waals surface area contributed by atoms with Gasteiger partial charge in [-0.2, -0.15) is 0 Å². The third-order valence-electron chi connectivity index (χ3n) is 3.81. The Labute approximate surface area is 134 Å². The molecule has 5 heteroatoms. The Hall–Kier alpha value is -1.07. The van der Waals surface area contributed by atoms with Crippen molar-refractivity contribution >= 4 is 27.6 Å². The minimum absolute atomic E-state index is 0.0890. The van der Waals surface area contributed by atoms with E-state index in [4.69, 9.17) is 9.47 Å². The van der Waals surface area contributed by atoms with E-state index in [0.717, 1.165) is 16.6 Å². The van der Waals surface area contributed by atoms with E-state index in [1.165, 1.54) is 0 Å². The molecule has 2 atom stereocenters. The molecule has 1 aliphatic heterocycles. The first-order valence-electron chi connectivity index (χ1n) is 7.42. The zero-order chi connectivity index (χ0) is 15.3. The number of carbonyl (C=O) groups is 1. The maximum atomic E-state index is 12.5. The highest BCUT2D eigenvalue weighted by molar-refractivity contribution is 9.10. The van der Waals surface area contributed by atoms with E-state index in [-0.39, 0.29) is 12.1 Å². The molecule has 116 valence electrons. The fourth-order valence-electron chi connectivity index (χ4n) is 2.64. The third-order valence-corrected chi connectivity index (χ3v) is 4.34. The van der Waals surface area contributed by atoms with E-state index >= 15 is 0 Å². The van der Waals surface area contributed by atoms with Crippen molar-refractivity contribution in [2.45, 2.75) is 44.8 Å². The van der Waals surface area contributed by atoms with Crippen molar-refractivity contribution in [3.05, 3.63) is 28.7 Å². The summed E-state index contributed by atoms with van der Waals surface area (Å²) >= 11 is 3.42. The SMILES string of the molecule is CCOC(=O)C1(Nc2ccc(Br)cc2)CCOC(CC)C1. The van der Waals surface area contributed by atoms with Crippen LogP contribution in [-0.4, -0.2) is 30.8 Å². The predicted octanol–water partition coefficient (Wildman–Crippen LogP) is 3.75. The quantitative estimate of drug-likeness (QED) is 0.817. The molecule has 21 heavy (non-hydrogen) atoms. The first-order chi connectivity index (χ1) is 10.1. The van der Waals surface area contributed by atoms with Gasteiger partial charge in [0.2, 0.25) is 0 Å². The van der Waals surface area contributed by atoms with Crippen LogP contribution in [0, 0.1) is 0 Å². The van der Waals surface area contributed by atoms with Gasteiger partial charge in [0.15, 0.2) is 0 Å². The zero-order valence-electron chi connectivity index (χ0n) is 12.5. The molecule has 0 spiro atoms. The predicted molar refractivity (Wildman–Crippen MR) is 86.4 cm³/mol. The van der Waals surface area contributed by atoms with Gasteiger partial charge in [-0.05, 0) is 37.6 Å². The summed E-state index contributed by atoms with van der Waals surface area (Å²) in [6, 6.07) is 7.83. The third kappa shape index (κ3) is 3.98. The minimum Gasteiger partial charge on any atom is -0.464 e. The number of hydrogen-bond acceptors (Lipinski definition) is 4. The van der Waals surface area contributed by atoms with Gasteiger partial charge in [0.25, 0.3) is 0 Å². The second kappa shape index (κ2) is 7.27. The molecule has 1 N–H and O–H groups in total. The smallest absolute Gasteiger partial charge is 0.331 e. The van der Waals surface area contributed by atoms with E-state index in [9.17, 15) is 4.79 Å². The molecule has 1 heterocycles. The normalized spacial score (nSPS) is 25.4. The van der Waals surface area contributed by atoms with Crippen LogP contribution in [0.25, 0.3) is 0 Å². The first-order valence-corrected chi connectivity index (χ1v) is 8.21. The molecule has 0 bridgehead atoms. The molecule has 0 radical (unpaired) electrons. The Balaban J connectivity index is 2.22. The summed E-state index contributed by atoms with van der Waals surface area (Å²) < 4.78 is 12.0. The molecule has 1 fully saturated rings. The highest BCUT2D eigenvalue weighted by atomic mass is 79.9. The van der Waals surface area contributed by atoms with Crippen molar-refractivity contribution in [2.75, 3.05) is 18.5 Å². The highest BCUT2D eigenvalue weighted by Crippen LogP contribution is 2.32. The summed E-state index contributed by atoms with van der Waals surface area (Å²) in [5.41, 5.74) is 0.228. The summed E-state index contributed by atoms with van der Waals surface area (Å²) in [5.74, 6) is -0.185. The number of halogens is 1. The number of carbonyl (C=O) groups excluding carboxylic acids is 1. The molecule has 0 amide bonds. The Morgan fingerprint density at radius 3 is 2.76 bits per heavy atom. The average Bonchev–Trinajstić information content (AvgIpc) is 2.50. The lowest BCUT2D eigenvalue weighted by Gasteiger charge is -2.39. The van der Waals surface area contributed by atoms with Gasteiger partial charge >= 0.3 is 5.97 Å². The van der Waals surface area contributed by atoms with Gasteiger partial charge < -0.3 is 14.8 Å². The monoisotopic (exact) mass is 355 g/mol. The second-order valence-electron chi connectivity index (χ2n) is 5.29. The lowest BCUT2D eigenvalue weighted by atomic mass is 9.85. The molecule has 1 aromatic carbocycles. The molecular weight excluding hydrogens is 334 g/mol. The number of nitrogens with one attached hydrogen (secondary N) is 1. The molecule has 0 saturated carbocycles. The average molecular weight is 356 g/mol. The summed E-state index contributed by atoms with van der Waals surface area (Å²) in [4.78, 5) is 12.5. The van der Waals surface area contributed by atoms with Crippen LogP contribution < -0.4 is 5.32 Å². The molecular formula is C16H22BrNO3. The number of anilines is 1. The fourth-order valence-corrected chi connectivity index (χ4v) is 2.90. The largest absolute Gasteiger partial charge is 0.464 e. The van der Waals surface area contributed by atoms with E-state index in [1.54, 1.807) is 0 Å². The number of rotatable bonds is 5. The van der Waals surface area contributed by atoms with Crippen molar-refractivity contribution < 1.29 is 14.3 Å². The summed E-state index contributed by atoms with van der Waals surface area (Å²) in [6.45, 7) is 4.87. The first kappa shape index (κ1) is 16.3. The maximum absolute atomic E-state index is 12.5. The Bertz CT molecular complexity index is 477. The van der Waals surface area contributed by atoms with Crippen molar-refractivity contribution in [3.63, 3.8) is 0 Å². The zero-order valence-corrected chi connectivity index (χ0v) is 14.1. The van der Waals surface area contributed by atoms with Crippen LogP contribution in [0.5, 0.6) is 0 Å². The molecule has 1 aliphatic rings. The molecule has 2 unspecified atom stereocenters. The van der Waals surface area contributed by atoms with Gasteiger partial charge in [0, 0.05) is 29.6 Å². The Morgan fingerprint density at radius 1 is 1.43 bits per heavy atom. The van der Waals surface area contributed by atoms with Crippen molar-refractivity contribution in [3.8, 4) is 0 Å². The van der Waals surface area contributed by atoms with Crippen molar-refractivity contribution in [1.29, 1.82) is 0 Å². The van der Waals surface area contributed by atoms with Crippen molar-refractivity contribution in [1.82, 2.24) is 0 Å². The number of esters is 1. The van der Waals surface area contributed by atoms with Crippen LogP contribution in [-0.2, 0) is 14.3 Å². The minimum atomic E-state index is -0.692.